The third-order valence-electron chi connectivity index (χ3n) is 4.34. The molecule has 7 nitrogen and oxygen atoms in total. The van der Waals surface area contributed by atoms with E-state index in [9.17, 15) is 13.2 Å². The van der Waals surface area contributed by atoms with Crippen molar-refractivity contribution >= 4 is 33.2 Å². The molecule has 2 heterocycles. The molecule has 140 valence electrons. The molecule has 3 rings (SSSR count). The molecule has 0 radical (unpaired) electrons. The number of methoxy groups -OCH3 is 1. The van der Waals surface area contributed by atoms with Crippen molar-refractivity contribution in [3.63, 3.8) is 0 Å². The second kappa shape index (κ2) is 7.30. The number of carbonyl (C=O) groups excluding carboxylic acids is 1. The Kier molecular flexibility index (Phi) is 5.27. The fourth-order valence-electron chi connectivity index (χ4n) is 2.89. The maximum absolute atomic E-state index is 12.7. The van der Waals surface area contributed by atoms with Crippen LogP contribution in [0, 0.1) is 0 Å². The fourth-order valence-corrected chi connectivity index (χ4v) is 4.65. The number of nitrogens with one attached hydrogen (secondary N) is 1. The summed E-state index contributed by atoms with van der Waals surface area (Å²) in [6.07, 6.45) is 3.16. The van der Waals surface area contributed by atoms with Crippen molar-refractivity contribution in [2.45, 2.75) is 17.7 Å². The molecule has 1 aromatic carbocycles. The number of nitrogens with zero attached hydrogens (tertiary/aromatic N) is 2. The number of ether oxygens (including phenoxy) is 1. The molecule has 2 aromatic rings. The molecular weight excluding hydrogens is 378 g/mol. The summed E-state index contributed by atoms with van der Waals surface area (Å²) in [4.78, 5) is 12.7. The van der Waals surface area contributed by atoms with Crippen molar-refractivity contribution in [3.05, 3.63) is 41.2 Å². The Balaban J connectivity index is 1.86. The van der Waals surface area contributed by atoms with Gasteiger partial charge >= 0.3 is 0 Å². The van der Waals surface area contributed by atoms with Crippen LogP contribution in [0.5, 0.6) is 5.75 Å². The minimum atomic E-state index is -3.58. The van der Waals surface area contributed by atoms with Gasteiger partial charge < -0.3 is 14.6 Å². The van der Waals surface area contributed by atoms with Gasteiger partial charge in [0.15, 0.2) is 0 Å². The highest BCUT2D eigenvalue weighted by atomic mass is 35.5. The summed E-state index contributed by atoms with van der Waals surface area (Å²) in [5.41, 5.74) is 0.614. The number of amides is 1. The average molecular weight is 398 g/mol. The molecule has 1 saturated heterocycles. The molecule has 1 aromatic heterocycles. The number of anilines is 1. The van der Waals surface area contributed by atoms with Crippen LogP contribution in [0.4, 0.5) is 5.69 Å². The molecule has 1 N–H and O–H groups in total. The lowest BCUT2D eigenvalue weighted by Gasteiger charge is -2.13. The second-order valence-electron chi connectivity index (χ2n) is 6.08. The maximum atomic E-state index is 12.7. The number of benzene rings is 1. The predicted octanol–water partition coefficient (Wildman–Crippen LogP) is 2.72. The van der Waals surface area contributed by atoms with Crippen molar-refractivity contribution in [2.75, 3.05) is 25.5 Å². The van der Waals surface area contributed by atoms with Gasteiger partial charge in [0.2, 0.25) is 10.0 Å². The lowest BCUT2D eigenvalue weighted by molar-refractivity contribution is 0.101. The van der Waals surface area contributed by atoms with E-state index >= 15 is 0 Å². The molecule has 0 unspecified atom stereocenters. The molecule has 1 aliphatic rings. The molecule has 1 amide bonds. The van der Waals surface area contributed by atoms with Gasteiger partial charge in [0.05, 0.1) is 17.8 Å². The normalized spacial score (nSPS) is 15.2. The molecule has 0 aliphatic carbocycles. The highest BCUT2D eigenvalue weighted by molar-refractivity contribution is 7.89. The first-order valence-corrected chi connectivity index (χ1v) is 9.96. The maximum Gasteiger partial charge on any atom is 0.272 e. The van der Waals surface area contributed by atoms with E-state index in [0.29, 0.717) is 29.5 Å². The Morgan fingerprint density at radius 3 is 2.58 bits per heavy atom. The topological polar surface area (TPSA) is 80.6 Å². The molecule has 1 aliphatic heterocycles. The van der Waals surface area contributed by atoms with Gasteiger partial charge in [0, 0.05) is 32.4 Å². The van der Waals surface area contributed by atoms with E-state index in [2.05, 4.69) is 5.32 Å². The number of aryl methyl sites for hydroxylation is 1. The fraction of sp³-hybridized carbons (Fsp3) is 0.353. The summed E-state index contributed by atoms with van der Waals surface area (Å²) in [5, 5.41) is 3.06. The third-order valence-corrected chi connectivity index (χ3v) is 6.53. The Hall–Kier alpha value is -2.03. The van der Waals surface area contributed by atoms with Gasteiger partial charge in [0.1, 0.15) is 16.3 Å². The minimum absolute atomic E-state index is 0.115. The summed E-state index contributed by atoms with van der Waals surface area (Å²) < 4.78 is 33.4. The Morgan fingerprint density at radius 2 is 1.92 bits per heavy atom. The Morgan fingerprint density at radius 1 is 1.23 bits per heavy atom. The van der Waals surface area contributed by atoms with E-state index in [1.807, 2.05) is 0 Å². The van der Waals surface area contributed by atoms with Gasteiger partial charge in [-0.1, -0.05) is 11.6 Å². The van der Waals surface area contributed by atoms with E-state index in [-0.39, 0.29) is 10.6 Å². The molecule has 0 bridgehead atoms. The first kappa shape index (κ1) is 18.8. The SMILES string of the molecule is COc1ccc(Cl)c(NC(=O)c2cc(S(=O)(=O)N3CCCC3)cn2C)c1. The predicted molar refractivity (Wildman–Crippen MR) is 99.4 cm³/mol. The van der Waals surface area contributed by atoms with Crippen molar-refractivity contribution in [2.24, 2.45) is 7.05 Å². The summed E-state index contributed by atoms with van der Waals surface area (Å²) in [5.74, 6) is 0.0967. The van der Waals surface area contributed by atoms with Gasteiger partial charge in [-0.3, -0.25) is 4.79 Å². The summed E-state index contributed by atoms with van der Waals surface area (Å²) in [7, 11) is -0.434. The average Bonchev–Trinajstić information content (AvgIpc) is 3.27. The molecular formula is C17H20ClN3O4S. The molecule has 1 fully saturated rings. The van der Waals surface area contributed by atoms with Gasteiger partial charge in [-0.2, -0.15) is 4.31 Å². The van der Waals surface area contributed by atoms with Crippen molar-refractivity contribution < 1.29 is 17.9 Å². The minimum Gasteiger partial charge on any atom is -0.497 e. The molecule has 0 atom stereocenters. The summed E-state index contributed by atoms with van der Waals surface area (Å²) >= 11 is 6.11. The number of hydrogen-bond donors (Lipinski definition) is 1. The number of rotatable bonds is 5. The Bertz CT molecular complexity index is 933. The quantitative estimate of drug-likeness (QED) is 0.841. The van der Waals surface area contributed by atoms with E-state index in [0.717, 1.165) is 12.8 Å². The van der Waals surface area contributed by atoms with Gasteiger partial charge in [0.25, 0.3) is 5.91 Å². The van der Waals surface area contributed by atoms with Crippen LogP contribution < -0.4 is 10.1 Å². The van der Waals surface area contributed by atoms with E-state index in [1.54, 1.807) is 25.2 Å². The zero-order valence-corrected chi connectivity index (χ0v) is 16.1. The van der Waals surface area contributed by atoms with Crippen LogP contribution in [0.3, 0.4) is 0 Å². The van der Waals surface area contributed by atoms with E-state index < -0.39 is 15.9 Å². The molecule has 0 saturated carbocycles. The highest BCUT2D eigenvalue weighted by Crippen LogP contribution is 2.28. The van der Waals surface area contributed by atoms with E-state index in [4.69, 9.17) is 16.3 Å². The summed E-state index contributed by atoms with van der Waals surface area (Å²) in [6, 6.07) is 6.29. The molecule has 0 spiro atoms. The second-order valence-corrected chi connectivity index (χ2v) is 8.43. The number of carbonyl (C=O) groups is 1. The number of hydrogen-bond acceptors (Lipinski definition) is 4. The van der Waals surface area contributed by atoms with Gasteiger partial charge in [-0.25, -0.2) is 8.42 Å². The van der Waals surface area contributed by atoms with Crippen LogP contribution >= 0.6 is 11.6 Å². The third kappa shape index (κ3) is 3.58. The van der Waals surface area contributed by atoms with Crippen LogP contribution in [-0.4, -0.2) is 43.4 Å². The highest BCUT2D eigenvalue weighted by Gasteiger charge is 2.29. The standard InChI is InChI=1S/C17H20ClN3O4S/c1-20-11-13(26(23,24)21-7-3-4-8-21)10-16(20)17(22)19-15-9-12(25-2)5-6-14(15)18/h5-6,9-11H,3-4,7-8H2,1-2H3,(H,19,22). The molecule has 26 heavy (non-hydrogen) atoms. The largest absolute Gasteiger partial charge is 0.497 e. The van der Waals surface area contributed by atoms with E-state index in [1.165, 1.54) is 28.2 Å². The van der Waals surface area contributed by atoms with Crippen molar-refractivity contribution in [1.82, 2.24) is 8.87 Å². The zero-order valence-electron chi connectivity index (χ0n) is 14.5. The first-order chi connectivity index (χ1) is 12.3. The lowest BCUT2D eigenvalue weighted by atomic mass is 10.3. The molecule has 9 heteroatoms. The number of halogens is 1. The first-order valence-electron chi connectivity index (χ1n) is 8.14. The summed E-state index contributed by atoms with van der Waals surface area (Å²) in [6.45, 7) is 1.02. The van der Waals surface area contributed by atoms with Crippen molar-refractivity contribution in [3.8, 4) is 5.75 Å². The zero-order chi connectivity index (χ0) is 18.9. The van der Waals surface area contributed by atoms with Crippen LogP contribution in [0.1, 0.15) is 23.3 Å². The number of sulfonamides is 1. The van der Waals surface area contributed by atoms with Gasteiger partial charge in [-0.05, 0) is 31.0 Å². The monoisotopic (exact) mass is 397 g/mol. The smallest absolute Gasteiger partial charge is 0.272 e. The van der Waals surface area contributed by atoms with Crippen LogP contribution in [0.25, 0.3) is 0 Å². The Labute approximate surface area is 157 Å². The number of aromatic nitrogens is 1. The van der Waals surface area contributed by atoms with Crippen molar-refractivity contribution in [1.29, 1.82) is 0 Å². The van der Waals surface area contributed by atoms with Crippen LogP contribution in [0.2, 0.25) is 5.02 Å². The van der Waals surface area contributed by atoms with Crippen LogP contribution in [0.15, 0.2) is 35.4 Å². The lowest BCUT2D eigenvalue weighted by Crippen LogP contribution is -2.27. The van der Waals surface area contributed by atoms with Crippen LogP contribution in [-0.2, 0) is 17.1 Å². The van der Waals surface area contributed by atoms with Gasteiger partial charge in [-0.15, -0.1) is 0 Å².